The Labute approximate surface area is 206 Å². The van der Waals surface area contributed by atoms with Crippen LogP contribution in [0.5, 0.6) is 11.5 Å². The molecule has 0 amide bonds. The van der Waals surface area contributed by atoms with E-state index in [4.69, 9.17) is 9.47 Å². The number of methoxy groups -OCH3 is 2. The van der Waals surface area contributed by atoms with Gasteiger partial charge < -0.3 is 24.6 Å². The zero-order valence-electron chi connectivity index (χ0n) is 19.5. The number of ether oxygens (including phenoxy) is 2. The first-order chi connectivity index (χ1) is 14.8. The quantitative estimate of drug-likeness (QED) is 0.285. The molecule has 0 aromatic heterocycles. The second-order valence-corrected chi connectivity index (χ2v) is 7.40. The predicted molar refractivity (Wildman–Crippen MR) is 135 cm³/mol. The Hall–Kier alpha value is -2.14. The van der Waals surface area contributed by atoms with Crippen LogP contribution in [-0.2, 0) is 6.42 Å². The van der Waals surface area contributed by atoms with Crippen molar-refractivity contribution in [3.8, 4) is 11.5 Å². The van der Waals surface area contributed by atoms with E-state index in [0.717, 1.165) is 12.0 Å². The van der Waals surface area contributed by atoms with Gasteiger partial charge >= 0.3 is 0 Å². The number of hydrogen-bond acceptors (Lipinski definition) is 4. The molecule has 0 fully saturated rings. The molecule has 0 saturated carbocycles. The lowest BCUT2D eigenvalue weighted by molar-refractivity contribution is 0.280. The molecule has 0 bridgehead atoms. The third-order valence-corrected chi connectivity index (χ3v) is 5.17. The van der Waals surface area contributed by atoms with E-state index in [1.165, 1.54) is 18.2 Å². The number of hydrogen-bond donors (Lipinski definition) is 1. The van der Waals surface area contributed by atoms with Crippen LogP contribution in [0.1, 0.15) is 17.2 Å². The standard InChI is InChI=1S/C23H32F2N4O2.HI/c1-26-23(27-15-19(28(2)3)22-17(24)8-7-9-18(22)25)29(4)13-12-16-10-11-20(30-5)21(14-16)31-6;/h7-11,14,19H,12-13,15H2,1-6H3,(H,26,27);1H. The Balaban J connectivity index is 0.00000512. The van der Waals surface area contributed by atoms with Crippen molar-refractivity contribution in [2.75, 3.05) is 55.5 Å². The molecular formula is C23H33F2IN4O2. The van der Waals surface area contributed by atoms with Gasteiger partial charge in [-0.2, -0.15) is 0 Å². The highest BCUT2D eigenvalue weighted by atomic mass is 127. The van der Waals surface area contributed by atoms with Crippen molar-refractivity contribution in [3.63, 3.8) is 0 Å². The third-order valence-electron chi connectivity index (χ3n) is 5.17. The van der Waals surface area contributed by atoms with E-state index in [9.17, 15) is 8.78 Å². The maximum absolute atomic E-state index is 14.3. The summed E-state index contributed by atoms with van der Waals surface area (Å²) in [6.45, 7) is 0.994. The average molecular weight is 562 g/mol. The largest absolute Gasteiger partial charge is 0.493 e. The number of halogens is 3. The molecule has 1 atom stereocenters. The molecule has 2 rings (SSSR count). The van der Waals surface area contributed by atoms with E-state index in [-0.39, 0.29) is 29.5 Å². The van der Waals surface area contributed by atoms with Gasteiger partial charge in [-0.25, -0.2) is 8.78 Å². The van der Waals surface area contributed by atoms with Crippen molar-refractivity contribution in [2.45, 2.75) is 12.5 Å². The van der Waals surface area contributed by atoms with Crippen LogP contribution in [0.2, 0.25) is 0 Å². The zero-order chi connectivity index (χ0) is 23.0. The van der Waals surface area contributed by atoms with E-state index in [0.29, 0.717) is 30.5 Å². The first kappa shape index (κ1) is 27.9. The zero-order valence-corrected chi connectivity index (χ0v) is 21.8. The van der Waals surface area contributed by atoms with Crippen LogP contribution >= 0.6 is 24.0 Å². The van der Waals surface area contributed by atoms with E-state index in [1.807, 2.05) is 30.1 Å². The fraction of sp³-hybridized carbons (Fsp3) is 0.435. The van der Waals surface area contributed by atoms with Gasteiger partial charge in [-0.1, -0.05) is 12.1 Å². The van der Waals surface area contributed by atoms with Crippen molar-refractivity contribution in [3.05, 3.63) is 59.2 Å². The fourth-order valence-electron chi connectivity index (χ4n) is 3.38. The topological polar surface area (TPSA) is 49.3 Å². The molecule has 1 N–H and O–H groups in total. The molecule has 178 valence electrons. The van der Waals surface area contributed by atoms with Crippen LogP contribution in [-0.4, -0.2) is 71.3 Å². The third kappa shape index (κ3) is 7.19. The second-order valence-electron chi connectivity index (χ2n) is 7.40. The summed E-state index contributed by atoms with van der Waals surface area (Å²) in [5.74, 6) is 0.900. The number of guanidine groups is 1. The first-order valence-corrected chi connectivity index (χ1v) is 10.0. The van der Waals surface area contributed by atoms with E-state index >= 15 is 0 Å². The molecule has 1 unspecified atom stereocenters. The Morgan fingerprint density at radius 2 is 1.66 bits per heavy atom. The second kappa shape index (κ2) is 13.4. The van der Waals surface area contributed by atoms with Crippen LogP contribution in [0, 0.1) is 11.6 Å². The minimum atomic E-state index is -0.558. The minimum absolute atomic E-state index is 0. The number of nitrogens with zero attached hydrogens (tertiary/aromatic N) is 3. The first-order valence-electron chi connectivity index (χ1n) is 10.0. The smallest absolute Gasteiger partial charge is 0.193 e. The monoisotopic (exact) mass is 562 g/mol. The van der Waals surface area contributed by atoms with Gasteiger partial charge in [0.05, 0.1) is 20.3 Å². The minimum Gasteiger partial charge on any atom is -0.493 e. The summed E-state index contributed by atoms with van der Waals surface area (Å²) in [6.07, 6.45) is 0.761. The maximum atomic E-state index is 14.3. The molecule has 0 aliphatic heterocycles. The van der Waals surface area contributed by atoms with Crippen LogP contribution in [0.4, 0.5) is 8.78 Å². The Morgan fingerprint density at radius 3 is 2.19 bits per heavy atom. The average Bonchev–Trinajstić information content (AvgIpc) is 2.75. The Bertz CT molecular complexity index is 876. The summed E-state index contributed by atoms with van der Waals surface area (Å²) in [5.41, 5.74) is 1.14. The van der Waals surface area contributed by atoms with Crippen molar-refractivity contribution >= 4 is 29.9 Å². The summed E-state index contributed by atoms with van der Waals surface area (Å²) in [7, 11) is 10.4. The molecule has 0 radical (unpaired) electrons. The molecule has 0 saturated heterocycles. The number of nitrogens with one attached hydrogen (secondary N) is 1. The Morgan fingerprint density at radius 1 is 1.03 bits per heavy atom. The summed E-state index contributed by atoms with van der Waals surface area (Å²) >= 11 is 0. The summed E-state index contributed by atoms with van der Waals surface area (Å²) < 4.78 is 39.2. The number of aliphatic imine (C=N–C) groups is 1. The molecule has 6 nitrogen and oxygen atoms in total. The molecule has 32 heavy (non-hydrogen) atoms. The van der Waals surface area contributed by atoms with Gasteiger partial charge in [0.25, 0.3) is 0 Å². The Kier molecular flexibility index (Phi) is 11.7. The lowest BCUT2D eigenvalue weighted by Crippen LogP contribution is -2.43. The van der Waals surface area contributed by atoms with Gasteiger partial charge in [-0.3, -0.25) is 4.99 Å². The van der Waals surface area contributed by atoms with Crippen molar-refractivity contribution in [1.29, 1.82) is 0 Å². The predicted octanol–water partition coefficient (Wildman–Crippen LogP) is 3.95. The van der Waals surface area contributed by atoms with Gasteiger partial charge in [-0.05, 0) is 50.3 Å². The number of rotatable bonds is 9. The van der Waals surface area contributed by atoms with Crippen LogP contribution in [0.15, 0.2) is 41.4 Å². The SMILES string of the molecule is CN=C(NCC(c1c(F)cccc1F)N(C)C)N(C)CCc1ccc(OC)c(OC)c1.I. The van der Waals surface area contributed by atoms with Crippen LogP contribution in [0.3, 0.4) is 0 Å². The molecule has 2 aromatic rings. The molecule has 9 heteroatoms. The lowest BCUT2D eigenvalue weighted by Gasteiger charge is -2.29. The fourth-order valence-corrected chi connectivity index (χ4v) is 3.38. The molecular weight excluding hydrogens is 529 g/mol. The molecule has 0 aliphatic carbocycles. The highest BCUT2D eigenvalue weighted by molar-refractivity contribution is 14.0. The number of benzene rings is 2. The maximum Gasteiger partial charge on any atom is 0.193 e. The van der Waals surface area contributed by atoms with Crippen molar-refractivity contribution in [2.24, 2.45) is 4.99 Å². The lowest BCUT2D eigenvalue weighted by atomic mass is 10.0. The highest BCUT2D eigenvalue weighted by Gasteiger charge is 2.23. The van der Waals surface area contributed by atoms with Crippen LogP contribution < -0.4 is 14.8 Å². The van der Waals surface area contributed by atoms with Gasteiger partial charge in [0.15, 0.2) is 17.5 Å². The summed E-state index contributed by atoms with van der Waals surface area (Å²) in [5, 5.41) is 3.24. The normalized spacial score (nSPS) is 12.2. The van der Waals surface area contributed by atoms with Gasteiger partial charge in [0.1, 0.15) is 11.6 Å². The van der Waals surface area contributed by atoms with Crippen molar-refractivity contribution in [1.82, 2.24) is 15.1 Å². The molecule has 0 heterocycles. The van der Waals surface area contributed by atoms with Crippen molar-refractivity contribution < 1.29 is 18.3 Å². The van der Waals surface area contributed by atoms with Gasteiger partial charge in [0.2, 0.25) is 0 Å². The van der Waals surface area contributed by atoms with Gasteiger partial charge in [0, 0.05) is 32.7 Å². The molecule has 2 aromatic carbocycles. The summed E-state index contributed by atoms with van der Waals surface area (Å²) in [6, 6.07) is 9.26. The summed E-state index contributed by atoms with van der Waals surface area (Å²) in [4.78, 5) is 8.07. The van der Waals surface area contributed by atoms with E-state index < -0.39 is 17.7 Å². The highest BCUT2D eigenvalue weighted by Crippen LogP contribution is 2.28. The van der Waals surface area contributed by atoms with E-state index in [1.54, 1.807) is 40.3 Å². The molecule has 0 aliphatic rings. The van der Waals surface area contributed by atoms with E-state index in [2.05, 4.69) is 10.3 Å². The van der Waals surface area contributed by atoms with Crippen LogP contribution in [0.25, 0.3) is 0 Å². The molecule has 0 spiro atoms. The van der Waals surface area contributed by atoms with Gasteiger partial charge in [-0.15, -0.1) is 24.0 Å². The number of likely N-dealkylation sites (N-methyl/N-ethyl adjacent to an activating group) is 2.